The van der Waals surface area contributed by atoms with Gasteiger partial charge in [-0.05, 0) is 12.3 Å². The third-order valence-corrected chi connectivity index (χ3v) is 3.00. The average molecular weight is 271 g/mol. The fourth-order valence-corrected chi connectivity index (χ4v) is 2.01. The molecule has 110 valence electrons. The molecule has 6 nitrogen and oxygen atoms in total. The van der Waals surface area contributed by atoms with Crippen LogP contribution < -0.4 is 10.6 Å². The van der Waals surface area contributed by atoms with Crippen molar-refractivity contribution in [1.29, 1.82) is 0 Å². The van der Waals surface area contributed by atoms with Crippen molar-refractivity contribution in [2.75, 3.05) is 33.9 Å². The summed E-state index contributed by atoms with van der Waals surface area (Å²) in [4.78, 5) is 25.7. The van der Waals surface area contributed by atoms with Gasteiger partial charge in [0.25, 0.3) is 0 Å². The van der Waals surface area contributed by atoms with Crippen LogP contribution in [0.3, 0.4) is 0 Å². The zero-order valence-corrected chi connectivity index (χ0v) is 12.2. The summed E-state index contributed by atoms with van der Waals surface area (Å²) in [5, 5.41) is 5.91. The highest BCUT2D eigenvalue weighted by atomic mass is 16.5. The molecule has 6 heteroatoms. The molecule has 2 unspecified atom stereocenters. The quantitative estimate of drug-likeness (QED) is 0.713. The van der Waals surface area contributed by atoms with E-state index in [0.717, 1.165) is 0 Å². The lowest BCUT2D eigenvalue weighted by Crippen LogP contribution is -2.56. The highest BCUT2D eigenvalue weighted by Gasteiger charge is 2.28. The highest BCUT2D eigenvalue weighted by molar-refractivity contribution is 5.89. The van der Waals surface area contributed by atoms with Crippen LogP contribution in [-0.4, -0.2) is 62.7 Å². The molecule has 2 N–H and O–H groups in total. The van der Waals surface area contributed by atoms with Gasteiger partial charge in [0.15, 0.2) is 0 Å². The molecule has 1 saturated heterocycles. The molecular formula is C13H25N3O3. The van der Waals surface area contributed by atoms with Crippen LogP contribution in [0.1, 0.15) is 20.3 Å². The van der Waals surface area contributed by atoms with Gasteiger partial charge in [-0.3, -0.25) is 9.59 Å². The van der Waals surface area contributed by atoms with Crippen LogP contribution in [0.25, 0.3) is 0 Å². The van der Waals surface area contributed by atoms with Gasteiger partial charge < -0.3 is 20.3 Å². The lowest BCUT2D eigenvalue weighted by Gasteiger charge is -2.27. The van der Waals surface area contributed by atoms with E-state index in [1.165, 1.54) is 4.90 Å². The first-order valence-electron chi connectivity index (χ1n) is 6.74. The van der Waals surface area contributed by atoms with E-state index >= 15 is 0 Å². The summed E-state index contributed by atoms with van der Waals surface area (Å²) in [6.45, 7) is 5.70. The molecule has 0 saturated carbocycles. The van der Waals surface area contributed by atoms with Gasteiger partial charge in [0.2, 0.25) is 11.8 Å². The van der Waals surface area contributed by atoms with Gasteiger partial charge >= 0.3 is 0 Å². The van der Waals surface area contributed by atoms with Crippen molar-refractivity contribution in [3.05, 3.63) is 0 Å². The summed E-state index contributed by atoms with van der Waals surface area (Å²) >= 11 is 0. The van der Waals surface area contributed by atoms with E-state index in [4.69, 9.17) is 4.74 Å². The monoisotopic (exact) mass is 271 g/mol. The van der Waals surface area contributed by atoms with E-state index in [2.05, 4.69) is 10.6 Å². The Morgan fingerprint density at radius 2 is 2.11 bits per heavy atom. The molecule has 1 heterocycles. The Morgan fingerprint density at radius 1 is 1.42 bits per heavy atom. The van der Waals surface area contributed by atoms with Gasteiger partial charge in [-0.15, -0.1) is 0 Å². The maximum absolute atomic E-state index is 12.1. The molecule has 19 heavy (non-hydrogen) atoms. The Labute approximate surface area is 114 Å². The summed E-state index contributed by atoms with van der Waals surface area (Å²) in [6, 6.07) is -0.829. The van der Waals surface area contributed by atoms with Crippen LogP contribution in [-0.2, 0) is 14.3 Å². The van der Waals surface area contributed by atoms with Crippen LogP contribution in [0.4, 0.5) is 0 Å². The van der Waals surface area contributed by atoms with E-state index in [1.54, 1.807) is 14.1 Å². The third kappa shape index (κ3) is 5.16. The van der Waals surface area contributed by atoms with Crippen molar-refractivity contribution in [2.45, 2.75) is 32.4 Å². The smallest absolute Gasteiger partial charge is 0.244 e. The number of carbonyl (C=O) groups excluding carboxylic acids is 2. The highest BCUT2D eigenvalue weighted by Crippen LogP contribution is 2.07. The zero-order chi connectivity index (χ0) is 14.4. The minimum absolute atomic E-state index is 0.0706. The average Bonchev–Trinajstić information content (AvgIpc) is 2.37. The first-order chi connectivity index (χ1) is 8.91. The predicted molar refractivity (Wildman–Crippen MR) is 72.7 cm³/mol. The molecule has 1 fully saturated rings. The Morgan fingerprint density at radius 3 is 2.58 bits per heavy atom. The van der Waals surface area contributed by atoms with Crippen molar-refractivity contribution in [1.82, 2.24) is 15.5 Å². The van der Waals surface area contributed by atoms with Crippen LogP contribution in [0.5, 0.6) is 0 Å². The fourth-order valence-electron chi connectivity index (χ4n) is 2.01. The predicted octanol–water partition coefficient (Wildman–Crippen LogP) is -0.406. The summed E-state index contributed by atoms with van der Waals surface area (Å²) < 4.78 is 5.26. The topological polar surface area (TPSA) is 70.7 Å². The molecule has 0 aliphatic carbocycles. The van der Waals surface area contributed by atoms with Gasteiger partial charge in [0.1, 0.15) is 12.1 Å². The molecule has 0 aromatic carbocycles. The number of hydrogen-bond acceptors (Lipinski definition) is 4. The number of rotatable bonds is 5. The van der Waals surface area contributed by atoms with Crippen LogP contribution in [0.15, 0.2) is 0 Å². The van der Waals surface area contributed by atoms with E-state index in [1.807, 2.05) is 13.8 Å². The maximum atomic E-state index is 12.1. The molecule has 2 atom stereocenters. The number of ether oxygens (including phenoxy) is 1. The number of nitrogens with zero attached hydrogens (tertiary/aromatic N) is 1. The fraction of sp³-hybridized carbons (Fsp3) is 0.846. The van der Waals surface area contributed by atoms with Crippen molar-refractivity contribution in [2.24, 2.45) is 5.92 Å². The van der Waals surface area contributed by atoms with E-state index in [9.17, 15) is 9.59 Å². The van der Waals surface area contributed by atoms with Gasteiger partial charge in [0.05, 0.1) is 13.2 Å². The first kappa shape index (κ1) is 15.9. The van der Waals surface area contributed by atoms with Crippen molar-refractivity contribution in [3.63, 3.8) is 0 Å². The second-order valence-electron chi connectivity index (χ2n) is 5.51. The van der Waals surface area contributed by atoms with Gasteiger partial charge in [-0.25, -0.2) is 0 Å². The number of likely N-dealkylation sites (N-methyl/N-ethyl adjacent to an activating group) is 1. The summed E-state index contributed by atoms with van der Waals surface area (Å²) in [5.74, 6) is 0.101. The van der Waals surface area contributed by atoms with Gasteiger partial charge in [-0.2, -0.15) is 0 Å². The Bertz CT molecular complexity index is 312. The molecule has 0 spiro atoms. The molecule has 0 radical (unpaired) electrons. The second kappa shape index (κ2) is 7.45. The number of hydrogen-bond donors (Lipinski definition) is 2. The van der Waals surface area contributed by atoms with E-state index in [0.29, 0.717) is 32.1 Å². The number of amides is 2. The molecule has 1 rings (SSSR count). The second-order valence-corrected chi connectivity index (χ2v) is 5.51. The SMILES string of the molecule is CC(C)CC(NC(=O)C1COCCN1)C(=O)N(C)C. The Balaban J connectivity index is 2.60. The normalized spacial score (nSPS) is 21.0. The van der Waals surface area contributed by atoms with Crippen LogP contribution in [0, 0.1) is 5.92 Å². The number of nitrogens with one attached hydrogen (secondary N) is 2. The van der Waals surface area contributed by atoms with Crippen molar-refractivity contribution in [3.8, 4) is 0 Å². The summed E-state index contributed by atoms with van der Waals surface area (Å²) in [5.41, 5.74) is 0. The lowest BCUT2D eigenvalue weighted by atomic mass is 10.0. The molecule has 1 aliphatic heterocycles. The van der Waals surface area contributed by atoms with Crippen molar-refractivity contribution >= 4 is 11.8 Å². The minimum atomic E-state index is -0.466. The van der Waals surface area contributed by atoms with Crippen molar-refractivity contribution < 1.29 is 14.3 Å². The minimum Gasteiger partial charge on any atom is -0.378 e. The first-order valence-corrected chi connectivity index (χ1v) is 6.74. The molecule has 0 aromatic rings. The molecular weight excluding hydrogens is 246 g/mol. The Hall–Kier alpha value is -1.14. The summed E-state index contributed by atoms with van der Waals surface area (Å²) in [7, 11) is 3.40. The van der Waals surface area contributed by atoms with Gasteiger partial charge in [-0.1, -0.05) is 13.8 Å². The zero-order valence-electron chi connectivity index (χ0n) is 12.2. The third-order valence-electron chi connectivity index (χ3n) is 3.00. The lowest BCUT2D eigenvalue weighted by molar-refractivity contribution is -0.136. The summed E-state index contributed by atoms with van der Waals surface area (Å²) in [6.07, 6.45) is 0.635. The van der Waals surface area contributed by atoms with E-state index in [-0.39, 0.29) is 17.9 Å². The molecule has 0 aromatic heterocycles. The van der Waals surface area contributed by atoms with E-state index < -0.39 is 6.04 Å². The van der Waals surface area contributed by atoms with Crippen LogP contribution >= 0.6 is 0 Å². The standard InChI is InChI=1S/C13H25N3O3/c1-9(2)7-10(13(18)16(3)4)15-12(17)11-8-19-6-5-14-11/h9-11,14H,5-8H2,1-4H3,(H,15,17). The Kier molecular flexibility index (Phi) is 6.24. The maximum Gasteiger partial charge on any atom is 0.244 e. The molecule has 0 bridgehead atoms. The van der Waals surface area contributed by atoms with Gasteiger partial charge in [0, 0.05) is 20.6 Å². The molecule has 2 amide bonds. The number of morpholine rings is 1. The van der Waals surface area contributed by atoms with Crippen LogP contribution in [0.2, 0.25) is 0 Å². The molecule has 1 aliphatic rings. The largest absolute Gasteiger partial charge is 0.378 e. The number of carbonyl (C=O) groups is 2.